The summed E-state index contributed by atoms with van der Waals surface area (Å²) in [4.78, 5) is 28.2. The molecule has 1 aromatic carbocycles. The molecule has 1 saturated heterocycles. The predicted molar refractivity (Wildman–Crippen MR) is 94.6 cm³/mol. The number of anilines is 1. The van der Waals surface area contributed by atoms with Crippen LogP contribution in [0.4, 0.5) is 5.69 Å². The van der Waals surface area contributed by atoms with Crippen molar-refractivity contribution >= 4 is 34.4 Å². The van der Waals surface area contributed by atoms with E-state index in [0.29, 0.717) is 30.6 Å². The fraction of sp³-hybridized carbons (Fsp3) is 0.438. The fourth-order valence-electron chi connectivity index (χ4n) is 2.03. The molecule has 0 aliphatic carbocycles. The van der Waals surface area contributed by atoms with Gasteiger partial charge in [-0.3, -0.25) is 14.6 Å². The highest BCUT2D eigenvalue weighted by Gasteiger charge is 2.31. The number of rotatable bonds is 8. The second kappa shape index (κ2) is 9.29. The molecule has 130 valence electrons. The maximum absolute atomic E-state index is 12.1. The zero-order chi connectivity index (χ0) is 17.4. The molecule has 2 N–H and O–H groups in total. The number of nitrogens with zero attached hydrogens (tertiary/aromatic N) is 1. The van der Waals surface area contributed by atoms with Crippen molar-refractivity contribution in [3.8, 4) is 5.75 Å². The van der Waals surface area contributed by atoms with Crippen molar-refractivity contribution in [1.29, 1.82) is 0 Å². The second-order valence-electron chi connectivity index (χ2n) is 4.99. The third-order valence-electron chi connectivity index (χ3n) is 3.15. The minimum absolute atomic E-state index is 0.0903. The Labute approximate surface area is 145 Å². The molecule has 8 heteroatoms. The van der Waals surface area contributed by atoms with Crippen LogP contribution in [-0.2, 0) is 14.3 Å². The smallest absolute Gasteiger partial charge is 0.240 e. The Kier molecular flexibility index (Phi) is 7.07. The molecule has 0 bridgehead atoms. The van der Waals surface area contributed by atoms with Gasteiger partial charge in [-0.1, -0.05) is 11.8 Å². The molecule has 1 fully saturated rings. The second-order valence-corrected chi connectivity index (χ2v) is 6.18. The van der Waals surface area contributed by atoms with Crippen molar-refractivity contribution in [2.45, 2.75) is 18.6 Å². The third-order valence-corrected chi connectivity index (χ3v) is 4.27. The molecule has 1 heterocycles. The van der Waals surface area contributed by atoms with Gasteiger partial charge in [-0.25, -0.2) is 0 Å². The van der Waals surface area contributed by atoms with Crippen molar-refractivity contribution < 1.29 is 19.1 Å². The standard InChI is InChI=1S/C16H21N3O4S/c1-3-23-12-6-4-11(5-7-12)18-14(20)10-13-15(21)19-16(24-13)17-8-9-22-2/h4-7,13H,3,8-10H2,1-2H3,(H,18,20)(H,17,19,21)/t13-/m0/s1. The summed E-state index contributed by atoms with van der Waals surface area (Å²) in [5, 5.41) is 5.53. The van der Waals surface area contributed by atoms with Gasteiger partial charge in [0.05, 0.1) is 19.8 Å². The SMILES string of the molecule is CCOc1ccc(NC(=O)C[C@@H]2SC(=NCCOC)NC2=O)cc1. The predicted octanol–water partition coefficient (Wildman–Crippen LogP) is 1.65. The Balaban J connectivity index is 1.83. The molecule has 1 aliphatic rings. The van der Waals surface area contributed by atoms with E-state index in [9.17, 15) is 9.59 Å². The van der Waals surface area contributed by atoms with Gasteiger partial charge in [0.1, 0.15) is 11.0 Å². The largest absolute Gasteiger partial charge is 0.494 e. The quantitative estimate of drug-likeness (QED) is 0.695. The van der Waals surface area contributed by atoms with Crippen molar-refractivity contribution in [3.63, 3.8) is 0 Å². The van der Waals surface area contributed by atoms with E-state index < -0.39 is 5.25 Å². The third kappa shape index (κ3) is 5.54. The first-order chi connectivity index (χ1) is 11.6. The summed E-state index contributed by atoms with van der Waals surface area (Å²) in [6.07, 6.45) is 0.0903. The molecule has 1 aromatic rings. The molecule has 1 atom stereocenters. The molecular weight excluding hydrogens is 330 g/mol. The maximum Gasteiger partial charge on any atom is 0.240 e. The first-order valence-corrected chi connectivity index (χ1v) is 8.54. The van der Waals surface area contributed by atoms with E-state index in [1.54, 1.807) is 31.4 Å². The Hall–Kier alpha value is -2.06. The monoisotopic (exact) mass is 351 g/mol. The minimum Gasteiger partial charge on any atom is -0.494 e. The summed E-state index contributed by atoms with van der Waals surface area (Å²) >= 11 is 1.27. The average Bonchev–Trinajstić information content (AvgIpc) is 2.89. The number of carbonyl (C=O) groups excluding carboxylic acids is 2. The van der Waals surface area contributed by atoms with Crippen molar-refractivity contribution in [2.75, 3.05) is 32.2 Å². The number of ether oxygens (including phenoxy) is 2. The summed E-state index contributed by atoms with van der Waals surface area (Å²) in [5.74, 6) is 0.334. The van der Waals surface area contributed by atoms with Crippen LogP contribution in [0.5, 0.6) is 5.75 Å². The zero-order valence-corrected chi connectivity index (χ0v) is 14.5. The number of amides is 2. The molecule has 0 saturated carbocycles. The minimum atomic E-state index is -0.464. The van der Waals surface area contributed by atoms with Gasteiger partial charge in [0, 0.05) is 19.2 Å². The Morgan fingerprint density at radius 1 is 1.38 bits per heavy atom. The molecule has 0 spiro atoms. The number of methoxy groups -OCH3 is 1. The highest BCUT2D eigenvalue weighted by atomic mass is 32.2. The molecular formula is C16H21N3O4S. The summed E-state index contributed by atoms with van der Waals surface area (Å²) in [6.45, 7) is 3.47. The number of thioether (sulfide) groups is 1. The van der Waals surface area contributed by atoms with Crippen LogP contribution in [0, 0.1) is 0 Å². The van der Waals surface area contributed by atoms with Gasteiger partial charge >= 0.3 is 0 Å². The van der Waals surface area contributed by atoms with Crippen LogP contribution in [0.15, 0.2) is 29.3 Å². The van der Waals surface area contributed by atoms with E-state index in [1.165, 1.54) is 11.8 Å². The number of hydrogen-bond donors (Lipinski definition) is 2. The summed E-state index contributed by atoms with van der Waals surface area (Å²) in [6, 6.07) is 7.11. The lowest BCUT2D eigenvalue weighted by molar-refractivity contribution is -0.122. The van der Waals surface area contributed by atoms with Crippen LogP contribution in [0.2, 0.25) is 0 Å². The van der Waals surface area contributed by atoms with Crippen LogP contribution in [0.1, 0.15) is 13.3 Å². The van der Waals surface area contributed by atoms with Crippen LogP contribution in [-0.4, -0.2) is 49.1 Å². The van der Waals surface area contributed by atoms with Gasteiger partial charge in [-0.05, 0) is 31.2 Å². The van der Waals surface area contributed by atoms with Crippen LogP contribution in [0.25, 0.3) is 0 Å². The molecule has 0 unspecified atom stereocenters. The Morgan fingerprint density at radius 2 is 2.12 bits per heavy atom. The van der Waals surface area contributed by atoms with Gasteiger partial charge in [0.2, 0.25) is 11.8 Å². The van der Waals surface area contributed by atoms with Crippen LogP contribution in [0.3, 0.4) is 0 Å². The summed E-state index contributed by atoms with van der Waals surface area (Å²) in [7, 11) is 1.59. The highest BCUT2D eigenvalue weighted by molar-refractivity contribution is 8.15. The average molecular weight is 351 g/mol. The topological polar surface area (TPSA) is 89.0 Å². The number of nitrogens with one attached hydrogen (secondary N) is 2. The van der Waals surface area contributed by atoms with E-state index in [0.717, 1.165) is 5.75 Å². The van der Waals surface area contributed by atoms with Gasteiger partial charge in [0.15, 0.2) is 5.17 Å². The van der Waals surface area contributed by atoms with Crippen molar-refractivity contribution in [2.24, 2.45) is 4.99 Å². The molecule has 2 rings (SSSR count). The molecule has 1 aliphatic heterocycles. The number of aliphatic imine (C=N–C) groups is 1. The van der Waals surface area contributed by atoms with E-state index in [2.05, 4.69) is 15.6 Å². The van der Waals surface area contributed by atoms with Crippen molar-refractivity contribution in [1.82, 2.24) is 5.32 Å². The number of carbonyl (C=O) groups is 2. The molecule has 0 aromatic heterocycles. The zero-order valence-electron chi connectivity index (χ0n) is 13.7. The normalized spacial score (nSPS) is 18.5. The maximum atomic E-state index is 12.1. The van der Waals surface area contributed by atoms with E-state index in [4.69, 9.17) is 9.47 Å². The van der Waals surface area contributed by atoms with Crippen molar-refractivity contribution in [3.05, 3.63) is 24.3 Å². The number of amidine groups is 1. The molecule has 2 amide bonds. The molecule has 24 heavy (non-hydrogen) atoms. The van der Waals surface area contributed by atoms with Crippen LogP contribution >= 0.6 is 11.8 Å². The summed E-state index contributed by atoms with van der Waals surface area (Å²) < 4.78 is 10.3. The van der Waals surface area contributed by atoms with Gasteiger partial charge in [-0.2, -0.15) is 0 Å². The number of hydrogen-bond acceptors (Lipinski definition) is 6. The Morgan fingerprint density at radius 3 is 2.79 bits per heavy atom. The molecule has 7 nitrogen and oxygen atoms in total. The lowest BCUT2D eigenvalue weighted by Gasteiger charge is -2.08. The molecule has 0 radical (unpaired) electrons. The van der Waals surface area contributed by atoms with Gasteiger partial charge < -0.3 is 20.1 Å². The summed E-state index contributed by atoms with van der Waals surface area (Å²) in [5.41, 5.74) is 0.667. The first-order valence-electron chi connectivity index (χ1n) is 7.66. The number of benzene rings is 1. The lowest BCUT2D eigenvalue weighted by Crippen LogP contribution is -2.28. The fourth-order valence-corrected chi connectivity index (χ4v) is 3.03. The van der Waals surface area contributed by atoms with Gasteiger partial charge in [0.25, 0.3) is 0 Å². The van der Waals surface area contributed by atoms with E-state index >= 15 is 0 Å². The van der Waals surface area contributed by atoms with E-state index in [-0.39, 0.29) is 18.2 Å². The van der Waals surface area contributed by atoms with Gasteiger partial charge in [-0.15, -0.1) is 0 Å². The van der Waals surface area contributed by atoms with Crippen LogP contribution < -0.4 is 15.4 Å². The first kappa shape index (κ1) is 18.3. The Bertz CT molecular complexity index is 604. The van der Waals surface area contributed by atoms with E-state index in [1.807, 2.05) is 6.92 Å². The lowest BCUT2D eigenvalue weighted by atomic mass is 10.2. The highest BCUT2D eigenvalue weighted by Crippen LogP contribution is 2.23.